The van der Waals surface area contributed by atoms with Gasteiger partial charge in [-0.05, 0) is 6.92 Å². The van der Waals surface area contributed by atoms with Gasteiger partial charge in [0, 0.05) is 33.1 Å². The molecule has 0 atom stereocenters. The van der Waals surface area contributed by atoms with Gasteiger partial charge in [0.1, 0.15) is 5.01 Å². The summed E-state index contributed by atoms with van der Waals surface area (Å²) < 4.78 is 9.91. The number of carbonyl (C=O) groups is 2. The van der Waals surface area contributed by atoms with Crippen molar-refractivity contribution >= 4 is 23.3 Å². The van der Waals surface area contributed by atoms with E-state index >= 15 is 0 Å². The number of thiazole rings is 1. The van der Waals surface area contributed by atoms with Crippen LogP contribution in [0.3, 0.4) is 0 Å². The Labute approximate surface area is 128 Å². The molecule has 0 N–H and O–H groups in total. The minimum Gasteiger partial charge on any atom is -0.461 e. The van der Waals surface area contributed by atoms with Gasteiger partial charge in [-0.25, -0.2) is 14.6 Å². The Kier molecular flexibility index (Phi) is 7.10. The van der Waals surface area contributed by atoms with E-state index in [4.69, 9.17) is 9.47 Å². The SMILES string of the molecule is CCOC(=O)c1csc(CN(CCOC)C(=O)N(C)C)n1. The van der Waals surface area contributed by atoms with Crippen LogP contribution in [0.25, 0.3) is 0 Å². The zero-order valence-corrected chi connectivity index (χ0v) is 13.6. The summed E-state index contributed by atoms with van der Waals surface area (Å²) in [5.74, 6) is -0.442. The second-order valence-electron chi connectivity index (χ2n) is 4.44. The van der Waals surface area contributed by atoms with Gasteiger partial charge in [-0.3, -0.25) is 0 Å². The van der Waals surface area contributed by atoms with E-state index in [2.05, 4.69) is 4.98 Å². The Morgan fingerprint density at radius 2 is 2.10 bits per heavy atom. The maximum atomic E-state index is 12.1. The molecule has 0 radical (unpaired) electrons. The molecule has 1 aromatic rings. The zero-order valence-electron chi connectivity index (χ0n) is 12.8. The van der Waals surface area contributed by atoms with Gasteiger partial charge in [0.2, 0.25) is 0 Å². The number of nitrogens with zero attached hydrogens (tertiary/aromatic N) is 3. The third-order valence-corrected chi connectivity index (χ3v) is 3.41. The Morgan fingerprint density at radius 3 is 2.67 bits per heavy atom. The molecule has 0 saturated heterocycles. The highest BCUT2D eigenvalue weighted by atomic mass is 32.1. The molecule has 1 heterocycles. The van der Waals surface area contributed by atoms with Crippen molar-refractivity contribution in [2.45, 2.75) is 13.5 Å². The summed E-state index contributed by atoms with van der Waals surface area (Å²) in [5, 5.41) is 2.33. The summed E-state index contributed by atoms with van der Waals surface area (Å²) in [6.45, 7) is 3.29. The minimum atomic E-state index is -0.442. The van der Waals surface area contributed by atoms with Crippen molar-refractivity contribution in [3.05, 3.63) is 16.1 Å². The van der Waals surface area contributed by atoms with Crippen LogP contribution in [0.4, 0.5) is 4.79 Å². The fraction of sp³-hybridized carbons (Fsp3) is 0.615. The van der Waals surface area contributed by atoms with E-state index in [0.717, 1.165) is 0 Å². The predicted octanol–water partition coefficient (Wildman–Crippen LogP) is 1.45. The van der Waals surface area contributed by atoms with Crippen molar-refractivity contribution in [3.8, 4) is 0 Å². The highest BCUT2D eigenvalue weighted by Crippen LogP contribution is 2.14. The quantitative estimate of drug-likeness (QED) is 0.712. The molecule has 7 nitrogen and oxygen atoms in total. The molecule has 1 rings (SSSR count). The van der Waals surface area contributed by atoms with Crippen LogP contribution in [0.2, 0.25) is 0 Å². The monoisotopic (exact) mass is 315 g/mol. The van der Waals surface area contributed by atoms with Crippen molar-refractivity contribution < 1.29 is 19.1 Å². The smallest absolute Gasteiger partial charge is 0.357 e. The first kappa shape index (κ1) is 17.4. The third-order valence-electron chi connectivity index (χ3n) is 2.58. The summed E-state index contributed by atoms with van der Waals surface area (Å²) in [4.78, 5) is 31.0. The second-order valence-corrected chi connectivity index (χ2v) is 5.38. The molecule has 0 aliphatic carbocycles. The van der Waals surface area contributed by atoms with Crippen molar-refractivity contribution in [3.63, 3.8) is 0 Å². The summed E-state index contributed by atoms with van der Waals surface area (Å²) in [6, 6.07) is -0.125. The minimum absolute atomic E-state index is 0.125. The van der Waals surface area contributed by atoms with E-state index in [9.17, 15) is 9.59 Å². The van der Waals surface area contributed by atoms with E-state index in [1.807, 2.05) is 0 Å². The number of aromatic nitrogens is 1. The lowest BCUT2D eigenvalue weighted by Crippen LogP contribution is -2.40. The summed E-state index contributed by atoms with van der Waals surface area (Å²) in [6.07, 6.45) is 0. The number of ether oxygens (including phenoxy) is 2. The van der Waals surface area contributed by atoms with Gasteiger partial charge in [-0.2, -0.15) is 0 Å². The van der Waals surface area contributed by atoms with Crippen LogP contribution in [-0.4, -0.2) is 67.7 Å². The highest BCUT2D eigenvalue weighted by Gasteiger charge is 2.18. The van der Waals surface area contributed by atoms with Crippen molar-refractivity contribution in [2.24, 2.45) is 0 Å². The van der Waals surface area contributed by atoms with Gasteiger partial charge in [0.25, 0.3) is 0 Å². The normalized spacial score (nSPS) is 10.3. The first-order chi connectivity index (χ1) is 9.99. The molecule has 1 aromatic heterocycles. The summed E-state index contributed by atoms with van der Waals surface area (Å²) in [5.41, 5.74) is 0.279. The average Bonchev–Trinajstić information content (AvgIpc) is 2.91. The van der Waals surface area contributed by atoms with Crippen LogP contribution in [-0.2, 0) is 16.0 Å². The van der Waals surface area contributed by atoms with Crippen LogP contribution in [0.1, 0.15) is 22.4 Å². The van der Waals surface area contributed by atoms with Gasteiger partial charge < -0.3 is 19.3 Å². The van der Waals surface area contributed by atoms with Crippen molar-refractivity contribution in [1.82, 2.24) is 14.8 Å². The summed E-state index contributed by atoms with van der Waals surface area (Å²) >= 11 is 1.33. The molecular formula is C13H21N3O4S. The number of hydrogen-bond acceptors (Lipinski definition) is 6. The van der Waals surface area contributed by atoms with Crippen molar-refractivity contribution in [1.29, 1.82) is 0 Å². The molecular weight excluding hydrogens is 294 g/mol. The molecule has 0 unspecified atom stereocenters. The van der Waals surface area contributed by atoms with E-state index < -0.39 is 5.97 Å². The van der Waals surface area contributed by atoms with Crippen LogP contribution in [0.15, 0.2) is 5.38 Å². The second kappa shape index (κ2) is 8.58. The van der Waals surface area contributed by atoms with Gasteiger partial charge in [0.15, 0.2) is 5.69 Å². The largest absolute Gasteiger partial charge is 0.461 e. The molecule has 0 bridgehead atoms. The van der Waals surface area contributed by atoms with Crippen LogP contribution in [0, 0.1) is 0 Å². The molecule has 0 fully saturated rings. The first-order valence-corrected chi connectivity index (χ1v) is 7.44. The topological polar surface area (TPSA) is 72.0 Å². The lowest BCUT2D eigenvalue weighted by atomic mass is 10.4. The third kappa shape index (κ3) is 5.31. The number of methoxy groups -OCH3 is 1. The number of amides is 2. The summed E-state index contributed by atoms with van der Waals surface area (Å²) in [7, 11) is 4.96. The molecule has 118 valence electrons. The molecule has 21 heavy (non-hydrogen) atoms. The molecule has 0 saturated carbocycles. The van der Waals surface area contributed by atoms with Gasteiger partial charge in [0.05, 0.1) is 19.8 Å². The molecule has 8 heteroatoms. The Bertz CT molecular complexity index is 476. The van der Waals surface area contributed by atoms with E-state index in [1.54, 1.807) is 38.4 Å². The number of hydrogen-bond donors (Lipinski definition) is 0. The Hall–Kier alpha value is -1.67. The lowest BCUT2D eigenvalue weighted by molar-refractivity contribution is 0.0520. The highest BCUT2D eigenvalue weighted by molar-refractivity contribution is 7.09. The van der Waals surface area contributed by atoms with E-state index in [-0.39, 0.29) is 11.7 Å². The van der Waals surface area contributed by atoms with E-state index in [0.29, 0.717) is 31.3 Å². The van der Waals surface area contributed by atoms with E-state index in [1.165, 1.54) is 16.2 Å². The lowest BCUT2D eigenvalue weighted by Gasteiger charge is -2.24. The maximum absolute atomic E-state index is 12.1. The number of esters is 1. The standard InChI is InChI=1S/C13H21N3O4S/c1-5-20-12(17)10-9-21-11(14-10)8-16(6-7-19-4)13(18)15(2)3/h9H,5-8H2,1-4H3. The fourth-order valence-corrected chi connectivity index (χ4v) is 2.35. The molecule has 0 aliphatic heterocycles. The van der Waals surface area contributed by atoms with Gasteiger partial charge >= 0.3 is 12.0 Å². The molecule has 0 aromatic carbocycles. The number of carbonyl (C=O) groups excluding carboxylic acids is 2. The maximum Gasteiger partial charge on any atom is 0.357 e. The predicted molar refractivity (Wildman–Crippen MR) is 79.4 cm³/mol. The van der Waals surface area contributed by atoms with Gasteiger partial charge in [-0.15, -0.1) is 11.3 Å². The molecule has 2 amide bonds. The van der Waals surface area contributed by atoms with Crippen LogP contribution >= 0.6 is 11.3 Å². The number of rotatable bonds is 7. The van der Waals surface area contributed by atoms with Crippen LogP contribution in [0.5, 0.6) is 0 Å². The fourth-order valence-electron chi connectivity index (χ4n) is 1.57. The Morgan fingerprint density at radius 1 is 1.38 bits per heavy atom. The van der Waals surface area contributed by atoms with Crippen LogP contribution < -0.4 is 0 Å². The number of urea groups is 1. The zero-order chi connectivity index (χ0) is 15.8. The van der Waals surface area contributed by atoms with Crippen molar-refractivity contribution in [2.75, 3.05) is 41.0 Å². The molecule has 0 spiro atoms. The van der Waals surface area contributed by atoms with Gasteiger partial charge in [-0.1, -0.05) is 0 Å². The molecule has 0 aliphatic rings. The first-order valence-electron chi connectivity index (χ1n) is 6.56. The average molecular weight is 315 g/mol. The Balaban J connectivity index is 2.74.